The number of amides is 1. The molecule has 2 aromatic carbocycles. The van der Waals surface area contributed by atoms with E-state index < -0.39 is 20.0 Å². The molecule has 40 heavy (non-hydrogen) atoms. The standard InChI is InChI=1S/C33H49NO5Si/c1-9-37-30(35)24-18-12-17-23-29(34-31(36)39-32(3,4)5)26(2)25-38-40(33(6,7)8,27-19-13-10-14-20-27)28-21-15-11-16-22-28/h10-17,19-22,26,29H,9,18,23-25H2,1-8H3,(H,34,36)/b17-12-/t26-,29-/m1/s1. The highest BCUT2D eigenvalue weighted by atomic mass is 28.4. The Hall–Kier alpha value is -2.90. The highest BCUT2D eigenvalue weighted by molar-refractivity contribution is 6.99. The molecular formula is C33H49NO5Si. The number of ether oxygens (including phenoxy) is 2. The zero-order chi connectivity index (χ0) is 29.8. The number of hydrogen-bond acceptors (Lipinski definition) is 5. The number of carbonyl (C=O) groups excluding carboxylic acids is 2. The molecule has 0 saturated carbocycles. The number of esters is 1. The second-order valence-corrected chi connectivity index (χ2v) is 16.6. The summed E-state index contributed by atoms with van der Waals surface area (Å²) in [5.41, 5.74) is -0.598. The molecule has 0 heterocycles. The summed E-state index contributed by atoms with van der Waals surface area (Å²) in [6.07, 6.45) is 5.05. The van der Waals surface area contributed by atoms with Gasteiger partial charge in [0.2, 0.25) is 0 Å². The molecule has 0 fully saturated rings. The summed E-state index contributed by atoms with van der Waals surface area (Å²) in [4.78, 5) is 24.5. The lowest BCUT2D eigenvalue weighted by Crippen LogP contribution is -2.67. The predicted octanol–water partition coefficient (Wildman–Crippen LogP) is 6.38. The Morgan fingerprint density at radius 2 is 1.45 bits per heavy atom. The molecule has 0 saturated heterocycles. The van der Waals surface area contributed by atoms with Crippen LogP contribution in [0.5, 0.6) is 0 Å². The van der Waals surface area contributed by atoms with Crippen molar-refractivity contribution in [3.8, 4) is 0 Å². The third kappa shape index (κ3) is 9.93. The van der Waals surface area contributed by atoms with Gasteiger partial charge in [0.1, 0.15) is 5.60 Å². The summed E-state index contributed by atoms with van der Waals surface area (Å²) in [6.45, 7) is 17.1. The number of carbonyl (C=O) groups is 2. The summed E-state index contributed by atoms with van der Waals surface area (Å²) >= 11 is 0. The molecule has 1 N–H and O–H groups in total. The van der Waals surface area contributed by atoms with Crippen molar-refractivity contribution in [3.05, 3.63) is 72.8 Å². The normalized spacial score (nSPS) is 14.0. The predicted molar refractivity (Wildman–Crippen MR) is 166 cm³/mol. The van der Waals surface area contributed by atoms with Crippen LogP contribution in [0.3, 0.4) is 0 Å². The molecule has 0 unspecified atom stereocenters. The van der Waals surface area contributed by atoms with Crippen LogP contribution >= 0.6 is 0 Å². The molecule has 2 rings (SSSR count). The first kappa shape index (κ1) is 33.3. The number of nitrogens with one attached hydrogen (secondary N) is 1. The van der Waals surface area contributed by atoms with Gasteiger partial charge in [-0.15, -0.1) is 0 Å². The van der Waals surface area contributed by atoms with Gasteiger partial charge in [-0.05, 0) is 61.9 Å². The number of benzene rings is 2. The van der Waals surface area contributed by atoms with Crippen LogP contribution in [0.1, 0.15) is 74.7 Å². The number of rotatable bonds is 13. The van der Waals surface area contributed by atoms with Gasteiger partial charge in [0.15, 0.2) is 0 Å². The van der Waals surface area contributed by atoms with E-state index in [-0.39, 0.29) is 23.0 Å². The van der Waals surface area contributed by atoms with Crippen molar-refractivity contribution in [2.24, 2.45) is 5.92 Å². The van der Waals surface area contributed by atoms with Gasteiger partial charge >= 0.3 is 12.1 Å². The Balaban J connectivity index is 2.31. The van der Waals surface area contributed by atoms with Crippen LogP contribution < -0.4 is 15.7 Å². The largest absolute Gasteiger partial charge is 0.466 e. The summed E-state index contributed by atoms with van der Waals surface area (Å²) in [7, 11) is -2.71. The van der Waals surface area contributed by atoms with Crippen LogP contribution in [0.2, 0.25) is 5.04 Å². The van der Waals surface area contributed by atoms with Gasteiger partial charge in [0.05, 0.1) is 6.61 Å². The average Bonchev–Trinajstić information content (AvgIpc) is 2.87. The van der Waals surface area contributed by atoms with Gasteiger partial charge in [-0.25, -0.2) is 4.79 Å². The Morgan fingerprint density at radius 3 is 1.93 bits per heavy atom. The summed E-state index contributed by atoms with van der Waals surface area (Å²) in [5, 5.41) is 5.37. The third-order valence-corrected chi connectivity index (χ3v) is 11.8. The second-order valence-electron chi connectivity index (χ2n) is 12.3. The highest BCUT2D eigenvalue weighted by Gasteiger charge is 2.50. The maximum atomic E-state index is 12.8. The Kier molecular flexibility index (Phi) is 12.7. The molecule has 6 nitrogen and oxygen atoms in total. The summed E-state index contributed by atoms with van der Waals surface area (Å²) in [6, 6.07) is 20.9. The lowest BCUT2D eigenvalue weighted by atomic mass is 9.99. The van der Waals surface area contributed by atoms with E-state index in [1.807, 2.05) is 45.1 Å². The fourth-order valence-corrected chi connectivity index (χ4v) is 9.49. The molecule has 0 aromatic heterocycles. The van der Waals surface area contributed by atoms with Crippen molar-refractivity contribution in [1.29, 1.82) is 0 Å². The van der Waals surface area contributed by atoms with Crippen molar-refractivity contribution >= 4 is 30.8 Å². The fourth-order valence-electron chi connectivity index (χ4n) is 4.82. The lowest BCUT2D eigenvalue weighted by Gasteiger charge is -2.44. The van der Waals surface area contributed by atoms with Crippen LogP contribution in [-0.2, 0) is 18.7 Å². The number of allylic oxidation sites excluding steroid dienone is 1. The van der Waals surface area contributed by atoms with E-state index >= 15 is 0 Å². The number of alkyl carbamates (subject to hydrolysis) is 1. The van der Waals surface area contributed by atoms with E-state index in [0.29, 0.717) is 32.5 Å². The quantitative estimate of drug-likeness (QED) is 0.173. The molecule has 2 aromatic rings. The minimum Gasteiger partial charge on any atom is -0.466 e. The molecule has 0 radical (unpaired) electrons. The van der Waals surface area contributed by atoms with Crippen LogP contribution in [0, 0.1) is 5.92 Å². The van der Waals surface area contributed by atoms with Gasteiger partial charge in [-0.2, -0.15) is 0 Å². The smallest absolute Gasteiger partial charge is 0.407 e. The van der Waals surface area contributed by atoms with E-state index in [0.717, 1.165) is 0 Å². The van der Waals surface area contributed by atoms with Crippen molar-refractivity contribution in [2.45, 2.75) is 91.3 Å². The first-order chi connectivity index (χ1) is 18.8. The first-order valence-electron chi connectivity index (χ1n) is 14.3. The Labute approximate surface area is 242 Å². The molecule has 0 aliphatic carbocycles. The monoisotopic (exact) mass is 567 g/mol. The average molecular weight is 568 g/mol. The Morgan fingerprint density at radius 1 is 0.900 bits per heavy atom. The van der Waals surface area contributed by atoms with Gasteiger partial charge in [0, 0.05) is 19.1 Å². The molecule has 0 aliphatic heterocycles. The van der Waals surface area contributed by atoms with Crippen LogP contribution in [-0.4, -0.2) is 45.2 Å². The van der Waals surface area contributed by atoms with E-state index in [4.69, 9.17) is 13.9 Å². The van der Waals surface area contributed by atoms with Gasteiger partial charge < -0.3 is 19.2 Å². The zero-order valence-corrected chi connectivity index (χ0v) is 26.7. The highest BCUT2D eigenvalue weighted by Crippen LogP contribution is 2.37. The molecule has 7 heteroatoms. The van der Waals surface area contributed by atoms with Crippen LogP contribution in [0.15, 0.2) is 72.8 Å². The van der Waals surface area contributed by atoms with Gasteiger partial charge in [-0.1, -0.05) is 101 Å². The van der Waals surface area contributed by atoms with Crippen molar-refractivity contribution < 1.29 is 23.5 Å². The van der Waals surface area contributed by atoms with E-state index in [1.165, 1.54) is 10.4 Å². The molecule has 2 atom stereocenters. The molecule has 0 spiro atoms. The van der Waals surface area contributed by atoms with Gasteiger partial charge in [-0.3, -0.25) is 4.79 Å². The molecule has 1 amide bonds. The zero-order valence-electron chi connectivity index (χ0n) is 25.7. The first-order valence-corrected chi connectivity index (χ1v) is 16.3. The summed E-state index contributed by atoms with van der Waals surface area (Å²) in [5.74, 6) is -0.216. The second kappa shape index (κ2) is 15.2. The Bertz CT molecular complexity index is 1030. The minimum atomic E-state index is -2.71. The minimum absolute atomic E-state index is 0.0103. The van der Waals surface area contributed by atoms with Crippen molar-refractivity contribution in [3.63, 3.8) is 0 Å². The van der Waals surface area contributed by atoms with E-state index in [9.17, 15) is 9.59 Å². The fraction of sp³-hybridized carbons (Fsp3) is 0.515. The molecule has 0 bridgehead atoms. The SMILES string of the molecule is CCOC(=O)CC/C=C\C[C@@H](NC(=O)OC(C)(C)C)[C@H](C)CO[Si](c1ccccc1)(c1ccccc1)C(C)(C)C. The van der Waals surface area contributed by atoms with Crippen LogP contribution in [0.25, 0.3) is 0 Å². The number of hydrogen-bond donors (Lipinski definition) is 1. The molecular weight excluding hydrogens is 518 g/mol. The lowest BCUT2D eigenvalue weighted by molar-refractivity contribution is -0.143. The van der Waals surface area contributed by atoms with E-state index in [2.05, 4.69) is 81.5 Å². The van der Waals surface area contributed by atoms with Crippen molar-refractivity contribution in [2.75, 3.05) is 13.2 Å². The molecule has 0 aliphatic rings. The summed E-state index contributed by atoms with van der Waals surface area (Å²) < 4.78 is 17.7. The van der Waals surface area contributed by atoms with Gasteiger partial charge in [0.25, 0.3) is 8.32 Å². The maximum absolute atomic E-state index is 12.8. The van der Waals surface area contributed by atoms with Crippen molar-refractivity contribution in [1.82, 2.24) is 5.32 Å². The third-order valence-electron chi connectivity index (χ3n) is 6.75. The van der Waals surface area contributed by atoms with Crippen LogP contribution in [0.4, 0.5) is 4.79 Å². The topological polar surface area (TPSA) is 73.9 Å². The maximum Gasteiger partial charge on any atom is 0.407 e. The molecule has 220 valence electrons. The van der Waals surface area contributed by atoms with E-state index in [1.54, 1.807) is 6.92 Å².